The van der Waals surface area contributed by atoms with E-state index in [1.165, 1.54) is 39.8 Å². The molecule has 0 bridgehead atoms. The predicted octanol–water partition coefficient (Wildman–Crippen LogP) is 3.49. The minimum atomic E-state index is -3.58. The summed E-state index contributed by atoms with van der Waals surface area (Å²) in [5.74, 6) is -0.631. The molecule has 2 heterocycles. The van der Waals surface area contributed by atoms with E-state index in [9.17, 15) is 18.0 Å². The third-order valence-electron chi connectivity index (χ3n) is 5.83. The summed E-state index contributed by atoms with van der Waals surface area (Å²) >= 11 is 1.50. The van der Waals surface area contributed by atoms with Crippen LogP contribution in [0.1, 0.15) is 56.8 Å². The van der Waals surface area contributed by atoms with Crippen LogP contribution in [0.4, 0.5) is 5.00 Å². The Labute approximate surface area is 186 Å². The van der Waals surface area contributed by atoms with Crippen LogP contribution in [0.2, 0.25) is 0 Å². The molecule has 31 heavy (non-hydrogen) atoms. The number of aryl methyl sites for hydroxylation is 1. The Balaban J connectivity index is 1.52. The quantitative estimate of drug-likeness (QED) is 0.500. The van der Waals surface area contributed by atoms with Gasteiger partial charge in [-0.05, 0) is 56.2 Å². The number of rotatable bonds is 7. The van der Waals surface area contributed by atoms with E-state index in [2.05, 4.69) is 5.32 Å². The minimum Gasteiger partial charge on any atom is -0.465 e. The van der Waals surface area contributed by atoms with Gasteiger partial charge in [0.15, 0.2) is 5.78 Å². The number of ketones is 1. The average Bonchev–Trinajstić information content (AvgIpc) is 3.45. The normalized spacial score (nSPS) is 16.7. The van der Waals surface area contributed by atoms with Crippen molar-refractivity contribution in [2.24, 2.45) is 0 Å². The summed E-state index contributed by atoms with van der Waals surface area (Å²) < 4.78 is 32.0. The first-order chi connectivity index (χ1) is 14.9. The van der Waals surface area contributed by atoms with Gasteiger partial charge in [-0.3, -0.25) is 4.79 Å². The molecule has 4 rings (SSSR count). The van der Waals surface area contributed by atoms with Gasteiger partial charge in [-0.15, -0.1) is 11.3 Å². The van der Waals surface area contributed by atoms with Gasteiger partial charge < -0.3 is 10.1 Å². The topological polar surface area (TPSA) is 92.8 Å². The van der Waals surface area contributed by atoms with E-state index in [0.717, 1.165) is 44.1 Å². The van der Waals surface area contributed by atoms with Crippen LogP contribution in [-0.2, 0) is 27.6 Å². The molecule has 2 aliphatic rings. The summed E-state index contributed by atoms with van der Waals surface area (Å²) in [5.41, 5.74) is 1.88. The number of fused-ring (bicyclic) bond motifs is 1. The number of esters is 1. The lowest BCUT2D eigenvalue weighted by Gasteiger charge is -2.16. The predicted molar refractivity (Wildman–Crippen MR) is 120 cm³/mol. The van der Waals surface area contributed by atoms with Gasteiger partial charge in [0.25, 0.3) is 0 Å². The van der Waals surface area contributed by atoms with Crippen molar-refractivity contribution in [1.82, 2.24) is 4.31 Å². The number of Topliss-reactive ketones (excluding diaryl/α,β-unsaturated/α-hetero) is 1. The van der Waals surface area contributed by atoms with E-state index in [0.29, 0.717) is 29.2 Å². The van der Waals surface area contributed by atoms with Crippen LogP contribution in [0.15, 0.2) is 29.2 Å². The number of carbonyl (C=O) groups is 2. The van der Waals surface area contributed by atoms with E-state index in [1.54, 1.807) is 12.1 Å². The number of carbonyl (C=O) groups excluding carboxylic acids is 2. The molecule has 166 valence electrons. The summed E-state index contributed by atoms with van der Waals surface area (Å²) in [6, 6.07) is 6.19. The molecule has 0 amide bonds. The van der Waals surface area contributed by atoms with Crippen molar-refractivity contribution in [2.75, 3.05) is 32.1 Å². The Kier molecular flexibility index (Phi) is 6.45. The zero-order chi connectivity index (χ0) is 22.0. The fourth-order valence-electron chi connectivity index (χ4n) is 4.18. The first kappa shape index (κ1) is 22.0. The van der Waals surface area contributed by atoms with Gasteiger partial charge in [-0.25, -0.2) is 13.2 Å². The van der Waals surface area contributed by atoms with Gasteiger partial charge >= 0.3 is 5.97 Å². The largest absolute Gasteiger partial charge is 0.465 e. The third-order valence-corrected chi connectivity index (χ3v) is 8.97. The molecule has 1 aromatic heterocycles. The summed E-state index contributed by atoms with van der Waals surface area (Å²) in [6.45, 7) is 0.999. The third kappa shape index (κ3) is 4.40. The van der Waals surface area contributed by atoms with E-state index >= 15 is 0 Å². The lowest BCUT2D eigenvalue weighted by atomic mass is 9.95. The molecule has 0 unspecified atom stereocenters. The molecule has 7 nitrogen and oxygen atoms in total. The molecule has 0 atom stereocenters. The summed E-state index contributed by atoms with van der Waals surface area (Å²) in [6.07, 6.45) is 5.59. The molecule has 1 N–H and O–H groups in total. The monoisotopic (exact) mass is 462 g/mol. The van der Waals surface area contributed by atoms with Crippen LogP contribution < -0.4 is 5.32 Å². The Morgan fingerprint density at radius 3 is 2.61 bits per heavy atom. The smallest absolute Gasteiger partial charge is 0.341 e. The van der Waals surface area contributed by atoms with E-state index in [4.69, 9.17) is 4.74 Å². The first-order valence-corrected chi connectivity index (χ1v) is 12.8. The lowest BCUT2D eigenvalue weighted by molar-refractivity contribution is 0.0600. The van der Waals surface area contributed by atoms with Crippen LogP contribution in [-0.4, -0.2) is 51.2 Å². The van der Waals surface area contributed by atoms with Crippen molar-refractivity contribution >= 4 is 38.1 Å². The summed E-state index contributed by atoms with van der Waals surface area (Å²) in [4.78, 5) is 26.5. The number of anilines is 1. The molecule has 1 fully saturated rings. The number of methoxy groups -OCH3 is 1. The SMILES string of the molecule is COC(=O)c1c(NCC(=O)c2cccc(S(=O)(=O)N3CCCC3)c2)sc2c1CCCC2. The second kappa shape index (κ2) is 9.10. The number of thiophene rings is 1. The molecule has 2 aromatic rings. The maximum Gasteiger partial charge on any atom is 0.341 e. The van der Waals surface area contributed by atoms with Gasteiger partial charge in [0.1, 0.15) is 5.00 Å². The molecule has 1 aliphatic heterocycles. The van der Waals surface area contributed by atoms with Gasteiger partial charge in [-0.2, -0.15) is 4.31 Å². The molecular formula is C22H26N2O5S2. The fourth-order valence-corrected chi connectivity index (χ4v) is 7.02. The number of hydrogen-bond acceptors (Lipinski definition) is 7. The van der Waals surface area contributed by atoms with Crippen molar-refractivity contribution in [1.29, 1.82) is 0 Å². The van der Waals surface area contributed by atoms with Crippen LogP contribution in [0.5, 0.6) is 0 Å². The highest BCUT2D eigenvalue weighted by Crippen LogP contribution is 2.38. The minimum absolute atomic E-state index is 0.0311. The number of nitrogens with one attached hydrogen (secondary N) is 1. The summed E-state index contributed by atoms with van der Waals surface area (Å²) in [7, 11) is -2.23. The number of nitrogens with zero attached hydrogens (tertiary/aromatic N) is 1. The zero-order valence-corrected chi connectivity index (χ0v) is 19.1. The zero-order valence-electron chi connectivity index (χ0n) is 17.5. The maximum atomic E-state index is 12.8. The molecule has 1 aromatic carbocycles. The Hall–Kier alpha value is -2.23. The highest BCUT2D eigenvalue weighted by atomic mass is 32.2. The van der Waals surface area contributed by atoms with Crippen LogP contribution in [0.3, 0.4) is 0 Å². The standard InChI is InChI=1S/C22H26N2O5S2/c1-29-22(26)20-17-9-2-3-10-19(17)30-21(20)23-14-18(25)15-7-6-8-16(13-15)31(27,28)24-11-4-5-12-24/h6-8,13,23H,2-5,9-12,14H2,1H3. The first-order valence-electron chi connectivity index (χ1n) is 10.5. The molecule has 0 saturated carbocycles. The van der Waals surface area contributed by atoms with Crippen molar-refractivity contribution in [3.8, 4) is 0 Å². The Bertz CT molecular complexity index is 1100. The number of ether oxygens (including phenoxy) is 1. The second-order valence-electron chi connectivity index (χ2n) is 7.82. The van der Waals surface area contributed by atoms with Crippen molar-refractivity contribution < 1.29 is 22.7 Å². The van der Waals surface area contributed by atoms with Gasteiger partial charge in [0.2, 0.25) is 10.0 Å². The van der Waals surface area contributed by atoms with Crippen LogP contribution in [0, 0.1) is 0 Å². The lowest BCUT2D eigenvalue weighted by Crippen LogP contribution is -2.28. The Morgan fingerprint density at radius 2 is 1.87 bits per heavy atom. The molecular weight excluding hydrogens is 436 g/mol. The van der Waals surface area contributed by atoms with E-state index < -0.39 is 16.0 Å². The van der Waals surface area contributed by atoms with Crippen molar-refractivity contribution in [2.45, 2.75) is 43.4 Å². The van der Waals surface area contributed by atoms with Crippen molar-refractivity contribution in [3.05, 3.63) is 45.8 Å². The highest BCUT2D eigenvalue weighted by Gasteiger charge is 2.28. The summed E-state index contributed by atoms with van der Waals surface area (Å²) in [5, 5.41) is 3.75. The number of sulfonamides is 1. The Morgan fingerprint density at radius 1 is 1.13 bits per heavy atom. The van der Waals surface area contributed by atoms with Crippen LogP contribution >= 0.6 is 11.3 Å². The molecule has 1 saturated heterocycles. The number of benzene rings is 1. The molecule has 0 spiro atoms. The maximum absolute atomic E-state index is 12.8. The molecule has 9 heteroatoms. The fraction of sp³-hybridized carbons (Fsp3) is 0.455. The van der Waals surface area contributed by atoms with E-state index in [1.807, 2.05) is 0 Å². The second-order valence-corrected chi connectivity index (χ2v) is 10.9. The average molecular weight is 463 g/mol. The van der Waals surface area contributed by atoms with Gasteiger partial charge in [0.05, 0.1) is 24.1 Å². The van der Waals surface area contributed by atoms with E-state index in [-0.39, 0.29) is 17.2 Å². The van der Waals surface area contributed by atoms with Crippen LogP contribution in [0.25, 0.3) is 0 Å². The molecule has 1 aliphatic carbocycles. The molecule has 0 radical (unpaired) electrons. The van der Waals surface area contributed by atoms with Crippen molar-refractivity contribution in [3.63, 3.8) is 0 Å². The van der Waals surface area contributed by atoms with Gasteiger partial charge in [0, 0.05) is 23.5 Å². The highest BCUT2D eigenvalue weighted by molar-refractivity contribution is 7.89. The number of hydrogen-bond donors (Lipinski definition) is 1. The van der Waals surface area contributed by atoms with Gasteiger partial charge in [-0.1, -0.05) is 12.1 Å².